The lowest BCUT2D eigenvalue weighted by molar-refractivity contribution is -0.120. The molecule has 0 aliphatic heterocycles. The molecular weight excluding hydrogens is 270 g/mol. The molecule has 0 aliphatic rings. The summed E-state index contributed by atoms with van der Waals surface area (Å²) in [5, 5.41) is 5.41. The number of aromatic nitrogens is 1. The van der Waals surface area contributed by atoms with Gasteiger partial charge in [-0.2, -0.15) is 0 Å². The zero-order valence-corrected chi connectivity index (χ0v) is 12.8. The molecule has 0 aromatic carbocycles. The van der Waals surface area contributed by atoms with Crippen molar-refractivity contribution < 1.29 is 4.79 Å². The van der Waals surface area contributed by atoms with Crippen molar-refractivity contribution in [3.63, 3.8) is 0 Å². The second kappa shape index (κ2) is 7.71. The van der Waals surface area contributed by atoms with E-state index in [0.717, 1.165) is 25.0 Å². The van der Waals surface area contributed by atoms with Crippen LogP contribution < -0.4 is 11.1 Å². The van der Waals surface area contributed by atoms with Crippen molar-refractivity contribution in [1.82, 2.24) is 4.98 Å². The second-order valence-electron chi connectivity index (χ2n) is 4.52. The van der Waals surface area contributed by atoms with Crippen LogP contribution >= 0.6 is 23.7 Å². The lowest BCUT2D eigenvalue weighted by Crippen LogP contribution is -2.48. The first-order valence-electron chi connectivity index (χ1n) is 6.04. The van der Waals surface area contributed by atoms with Crippen LogP contribution in [-0.2, 0) is 11.2 Å². The molecule has 1 heterocycles. The summed E-state index contributed by atoms with van der Waals surface area (Å²) in [4.78, 5) is 16.3. The minimum atomic E-state index is -0.814. The van der Waals surface area contributed by atoms with Gasteiger partial charge in [0.25, 0.3) is 0 Å². The Kier molecular flexibility index (Phi) is 7.43. The van der Waals surface area contributed by atoms with E-state index >= 15 is 0 Å². The van der Waals surface area contributed by atoms with Gasteiger partial charge in [0.05, 0.1) is 11.2 Å². The van der Waals surface area contributed by atoms with Gasteiger partial charge in [-0.3, -0.25) is 4.79 Å². The van der Waals surface area contributed by atoms with E-state index in [1.807, 2.05) is 12.3 Å². The third-order valence-electron chi connectivity index (χ3n) is 2.57. The van der Waals surface area contributed by atoms with Crippen LogP contribution in [-0.4, -0.2) is 16.4 Å². The van der Waals surface area contributed by atoms with Crippen LogP contribution in [0.25, 0.3) is 0 Å². The molecule has 0 saturated heterocycles. The summed E-state index contributed by atoms with van der Waals surface area (Å²) in [6.07, 6.45) is 3.56. The van der Waals surface area contributed by atoms with Crippen LogP contribution in [0.3, 0.4) is 0 Å². The SMILES string of the molecule is CCCc1csc(NC(=O)C(C)(N)CCC)n1.Cl. The van der Waals surface area contributed by atoms with Crippen molar-refractivity contribution in [3.05, 3.63) is 11.1 Å². The molecule has 1 amide bonds. The number of nitrogens with one attached hydrogen (secondary N) is 1. The molecule has 104 valence electrons. The van der Waals surface area contributed by atoms with E-state index in [4.69, 9.17) is 5.73 Å². The predicted octanol–water partition coefficient (Wildman–Crippen LogP) is 2.97. The van der Waals surface area contributed by atoms with E-state index in [1.54, 1.807) is 6.92 Å². The Balaban J connectivity index is 0.00000289. The smallest absolute Gasteiger partial charge is 0.245 e. The van der Waals surface area contributed by atoms with E-state index < -0.39 is 5.54 Å². The maximum atomic E-state index is 11.9. The number of hydrogen-bond donors (Lipinski definition) is 2. The number of anilines is 1. The molecule has 3 N–H and O–H groups in total. The van der Waals surface area contributed by atoms with Crippen LogP contribution in [0.15, 0.2) is 5.38 Å². The number of carbonyl (C=O) groups is 1. The lowest BCUT2D eigenvalue weighted by atomic mass is 9.97. The third-order valence-corrected chi connectivity index (χ3v) is 3.37. The van der Waals surface area contributed by atoms with E-state index in [9.17, 15) is 4.79 Å². The molecule has 1 unspecified atom stereocenters. The fourth-order valence-corrected chi connectivity index (χ4v) is 2.35. The average Bonchev–Trinajstić information content (AvgIpc) is 2.66. The summed E-state index contributed by atoms with van der Waals surface area (Å²) in [6.45, 7) is 5.88. The summed E-state index contributed by atoms with van der Waals surface area (Å²) in [5.41, 5.74) is 6.16. The molecule has 4 nitrogen and oxygen atoms in total. The predicted molar refractivity (Wildman–Crippen MR) is 79.5 cm³/mol. The molecule has 1 atom stereocenters. The van der Waals surface area contributed by atoms with Gasteiger partial charge < -0.3 is 11.1 Å². The number of nitrogens with zero attached hydrogens (tertiary/aromatic N) is 1. The normalized spacial score (nSPS) is 13.6. The van der Waals surface area contributed by atoms with Gasteiger partial charge in [-0.1, -0.05) is 26.7 Å². The van der Waals surface area contributed by atoms with Gasteiger partial charge in [0.1, 0.15) is 0 Å². The van der Waals surface area contributed by atoms with Gasteiger partial charge in [0, 0.05) is 5.38 Å². The Bertz CT molecular complexity index is 379. The molecule has 0 bridgehead atoms. The first-order chi connectivity index (χ1) is 7.99. The molecule has 1 rings (SSSR count). The van der Waals surface area contributed by atoms with E-state index in [1.165, 1.54) is 11.3 Å². The summed E-state index contributed by atoms with van der Waals surface area (Å²) >= 11 is 1.45. The highest BCUT2D eigenvalue weighted by atomic mass is 35.5. The highest BCUT2D eigenvalue weighted by Gasteiger charge is 2.27. The molecule has 0 radical (unpaired) electrons. The minimum Gasteiger partial charge on any atom is -0.318 e. The number of thiazole rings is 1. The molecular formula is C12H22ClN3OS. The molecule has 1 aromatic rings. The number of halogens is 1. The summed E-state index contributed by atoms with van der Waals surface area (Å²) in [5.74, 6) is -0.156. The van der Waals surface area contributed by atoms with Crippen LogP contribution in [0.5, 0.6) is 0 Å². The van der Waals surface area contributed by atoms with E-state index in [0.29, 0.717) is 11.6 Å². The van der Waals surface area contributed by atoms with Crippen molar-refractivity contribution >= 4 is 34.8 Å². The summed E-state index contributed by atoms with van der Waals surface area (Å²) in [7, 11) is 0. The monoisotopic (exact) mass is 291 g/mol. The maximum absolute atomic E-state index is 11.9. The largest absolute Gasteiger partial charge is 0.318 e. The highest BCUT2D eigenvalue weighted by molar-refractivity contribution is 7.13. The Labute approximate surface area is 119 Å². The van der Waals surface area contributed by atoms with Gasteiger partial charge in [-0.05, 0) is 19.8 Å². The average molecular weight is 292 g/mol. The first-order valence-corrected chi connectivity index (χ1v) is 6.92. The van der Waals surface area contributed by atoms with Crippen LogP contribution in [0.2, 0.25) is 0 Å². The number of rotatable bonds is 6. The van der Waals surface area contributed by atoms with Crippen molar-refractivity contribution in [1.29, 1.82) is 0 Å². The van der Waals surface area contributed by atoms with E-state index in [2.05, 4.69) is 17.2 Å². The lowest BCUT2D eigenvalue weighted by Gasteiger charge is -2.21. The van der Waals surface area contributed by atoms with Crippen LogP contribution in [0, 0.1) is 0 Å². The maximum Gasteiger partial charge on any atom is 0.245 e. The molecule has 18 heavy (non-hydrogen) atoms. The molecule has 0 aliphatic carbocycles. The number of amides is 1. The molecule has 6 heteroatoms. The highest BCUT2D eigenvalue weighted by Crippen LogP contribution is 2.19. The second-order valence-corrected chi connectivity index (χ2v) is 5.37. The van der Waals surface area contributed by atoms with Crippen molar-refractivity contribution in [2.45, 2.75) is 52.0 Å². The Morgan fingerprint density at radius 3 is 2.72 bits per heavy atom. The van der Waals surface area contributed by atoms with Crippen molar-refractivity contribution in [2.24, 2.45) is 5.73 Å². The minimum absolute atomic E-state index is 0. The van der Waals surface area contributed by atoms with Crippen LogP contribution in [0.4, 0.5) is 5.13 Å². The summed E-state index contributed by atoms with van der Waals surface area (Å²) in [6, 6.07) is 0. The Hall–Kier alpha value is -0.650. The van der Waals surface area contributed by atoms with Gasteiger partial charge >= 0.3 is 0 Å². The fraction of sp³-hybridized carbons (Fsp3) is 0.667. The topological polar surface area (TPSA) is 68.0 Å². The van der Waals surface area contributed by atoms with E-state index in [-0.39, 0.29) is 18.3 Å². The van der Waals surface area contributed by atoms with Gasteiger partial charge in [0.15, 0.2) is 5.13 Å². The first kappa shape index (κ1) is 17.4. The van der Waals surface area contributed by atoms with Gasteiger partial charge in [0.2, 0.25) is 5.91 Å². The number of hydrogen-bond acceptors (Lipinski definition) is 4. The van der Waals surface area contributed by atoms with Crippen LogP contribution in [0.1, 0.15) is 45.7 Å². The van der Waals surface area contributed by atoms with Gasteiger partial charge in [-0.25, -0.2) is 4.98 Å². The number of aryl methyl sites for hydroxylation is 1. The molecule has 0 spiro atoms. The zero-order valence-electron chi connectivity index (χ0n) is 11.2. The Morgan fingerprint density at radius 2 is 2.17 bits per heavy atom. The third kappa shape index (κ3) is 4.92. The standard InChI is InChI=1S/C12H21N3OS.ClH/c1-4-6-9-8-17-11(14-9)15-10(16)12(3,13)7-5-2;/h8H,4-7,13H2,1-3H3,(H,14,15,16);1H. The van der Waals surface area contributed by atoms with Gasteiger partial charge in [-0.15, -0.1) is 23.7 Å². The molecule has 1 aromatic heterocycles. The number of nitrogens with two attached hydrogens (primary N) is 1. The molecule has 0 fully saturated rings. The molecule has 0 saturated carbocycles. The quantitative estimate of drug-likeness (QED) is 0.847. The zero-order chi connectivity index (χ0) is 12.9. The fourth-order valence-electron chi connectivity index (χ4n) is 1.61. The Morgan fingerprint density at radius 1 is 1.50 bits per heavy atom. The number of carbonyl (C=O) groups excluding carboxylic acids is 1. The van der Waals surface area contributed by atoms with Crippen molar-refractivity contribution in [3.8, 4) is 0 Å². The summed E-state index contributed by atoms with van der Waals surface area (Å²) < 4.78 is 0. The van der Waals surface area contributed by atoms with Crippen molar-refractivity contribution in [2.75, 3.05) is 5.32 Å².